The van der Waals surface area contributed by atoms with Crippen molar-refractivity contribution in [1.29, 1.82) is 0 Å². The van der Waals surface area contributed by atoms with Crippen LogP contribution in [0.25, 0.3) is 20.2 Å². The van der Waals surface area contributed by atoms with Gasteiger partial charge in [0.1, 0.15) is 11.6 Å². The molecule has 90 valence electrons. The van der Waals surface area contributed by atoms with Gasteiger partial charge in [0, 0.05) is 20.2 Å². The van der Waals surface area contributed by atoms with Gasteiger partial charge in [0.05, 0.1) is 7.11 Å². The first kappa shape index (κ1) is 11.2. The quantitative estimate of drug-likeness (QED) is 0.625. The molecule has 0 spiro atoms. The monoisotopic (exact) mass is 260 g/mol. The minimum absolute atomic E-state index is 0.0855. The van der Waals surface area contributed by atoms with Crippen molar-refractivity contribution in [3.8, 4) is 5.75 Å². The Kier molecular flexibility index (Phi) is 2.52. The second kappa shape index (κ2) is 4.07. The predicted octanol–water partition coefficient (Wildman–Crippen LogP) is 3.56. The highest BCUT2D eigenvalue weighted by atomic mass is 32.1. The Hall–Kier alpha value is -1.94. The SMILES string of the molecule is COc1ccc2sc3cc(F)ccc3c(=O)c2c1. The summed E-state index contributed by atoms with van der Waals surface area (Å²) in [5, 5.41) is 1.15. The molecule has 3 rings (SSSR count). The highest BCUT2D eigenvalue weighted by Gasteiger charge is 2.07. The van der Waals surface area contributed by atoms with Crippen LogP contribution in [0.5, 0.6) is 5.75 Å². The van der Waals surface area contributed by atoms with Crippen LogP contribution in [0.1, 0.15) is 0 Å². The average Bonchev–Trinajstić information content (AvgIpc) is 2.38. The molecular weight excluding hydrogens is 251 g/mol. The van der Waals surface area contributed by atoms with E-state index in [9.17, 15) is 9.18 Å². The molecule has 4 heteroatoms. The van der Waals surface area contributed by atoms with E-state index in [0.717, 1.165) is 4.70 Å². The molecule has 0 amide bonds. The van der Waals surface area contributed by atoms with Gasteiger partial charge in [-0.25, -0.2) is 4.39 Å². The van der Waals surface area contributed by atoms with Crippen LogP contribution in [0.15, 0.2) is 41.2 Å². The molecule has 0 atom stereocenters. The molecule has 3 aromatic rings. The Balaban J connectivity index is 2.48. The zero-order valence-electron chi connectivity index (χ0n) is 9.57. The van der Waals surface area contributed by atoms with E-state index in [2.05, 4.69) is 0 Å². The van der Waals surface area contributed by atoms with Crippen molar-refractivity contribution in [1.82, 2.24) is 0 Å². The fraction of sp³-hybridized carbons (Fsp3) is 0.0714. The van der Waals surface area contributed by atoms with E-state index in [-0.39, 0.29) is 11.2 Å². The summed E-state index contributed by atoms with van der Waals surface area (Å²) in [6, 6.07) is 9.57. The normalized spacial score (nSPS) is 11.0. The lowest BCUT2D eigenvalue weighted by Crippen LogP contribution is -2.01. The number of fused-ring (bicyclic) bond motifs is 2. The zero-order chi connectivity index (χ0) is 12.7. The van der Waals surface area contributed by atoms with Gasteiger partial charge in [-0.2, -0.15) is 0 Å². The van der Waals surface area contributed by atoms with E-state index >= 15 is 0 Å². The molecule has 0 N–H and O–H groups in total. The van der Waals surface area contributed by atoms with Gasteiger partial charge in [0.15, 0.2) is 5.43 Å². The van der Waals surface area contributed by atoms with E-state index in [1.807, 2.05) is 6.07 Å². The van der Waals surface area contributed by atoms with Crippen molar-refractivity contribution < 1.29 is 9.13 Å². The third-order valence-corrected chi connectivity index (χ3v) is 3.97. The third kappa shape index (κ3) is 1.66. The summed E-state index contributed by atoms with van der Waals surface area (Å²) in [5.74, 6) is 0.319. The third-order valence-electron chi connectivity index (χ3n) is 2.84. The number of hydrogen-bond acceptors (Lipinski definition) is 3. The summed E-state index contributed by atoms with van der Waals surface area (Å²) in [4.78, 5) is 12.3. The van der Waals surface area contributed by atoms with Crippen LogP contribution >= 0.6 is 11.3 Å². The van der Waals surface area contributed by atoms with Gasteiger partial charge in [0.2, 0.25) is 0 Å². The first-order chi connectivity index (χ1) is 8.69. The minimum atomic E-state index is -0.328. The molecule has 1 heterocycles. The van der Waals surface area contributed by atoms with E-state index in [4.69, 9.17) is 4.74 Å². The fourth-order valence-electron chi connectivity index (χ4n) is 1.93. The fourth-order valence-corrected chi connectivity index (χ4v) is 3.01. The lowest BCUT2D eigenvalue weighted by Gasteiger charge is -2.03. The average molecular weight is 260 g/mol. The van der Waals surface area contributed by atoms with Crippen molar-refractivity contribution in [3.63, 3.8) is 0 Å². The van der Waals surface area contributed by atoms with Crippen LogP contribution in [0.4, 0.5) is 4.39 Å². The highest BCUT2D eigenvalue weighted by molar-refractivity contribution is 7.24. The number of halogens is 1. The van der Waals surface area contributed by atoms with Crippen LogP contribution in [0, 0.1) is 5.82 Å². The first-order valence-corrected chi connectivity index (χ1v) is 6.21. The number of hydrogen-bond donors (Lipinski definition) is 0. The van der Waals surface area contributed by atoms with Crippen molar-refractivity contribution in [3.05, 3.63) is 52.4 Å². The maximum Gasteiger partial charge on any atom is 0.196 e. The Labute approximate surface area is 106 Å². The first-order valence-electron chi connectivity index (χ1n) is 5.39. The summed E-state index contributed by atoms with van der Waals surface area (Å²) in [6.07, 6.45) is 0. The maximum atomic E-state index is 13.2. The van der Waals surface area contributed by atoms with Crippen molar-refractivity contribution in [2.75, 3.05) is 7.11 Å². The smallest absolute Gasteiger partial charge is 0.196 e. The summed E-state index contributed by atoms with van der Waals surface area (Å²) >= 11 is 1.40. The number of rotatable bonds is 1. The van der Waals surface area contributed by atoms with Crippen LogP contribution in [0.3, 0.4) is 0 Å². The topological polar surface area (TPSA) is 26.3 Å². The second-order valence-corrected chi connectivity index (χ2v) is 5.02. The number of methoxy groups -OCH3 is 1. The van der Waals surface area contributed by atoms with E-state index < -0.39 is 0 Å². The van der Waals surface area contributed by atoms with Gasteiger partial charge in [-0.15, -0.1) is 11.3 Å². The van der Waals surface area contributed by atoms with Gasteiger partial charge < -0.3 is 4.74 Å². The standard InChI is InChI=1S/C14H9FO2S/c1-17-9-3-5-12-11(7-9)14(16)10-4-2-8(15)6-13(10)18-12/h2-7H,1H3. The Bertz CT molecular complexity index is 808. The molecule has 0 bridgehead atoms. The molecule has 18 heavy (non-hydrogen) atoms. The van der Waals surface area contributed by atoms with Gasteiger partial charge in [-0.05, 0) is 36.4 Å². The van der Waals surface area contributed by atoms with E-state index in [1.54, 1.807) is 19.2 Å². The molecular formula is C14H9FO2S. The van der Waals surface area contributed by atoms with Crippen molar-refractivity contribution >= 4 is 31.5 Å². The highest BCUT2D eigenvalue weighted by Crippen LogP contribution is 2.27. The van der Waals surface area contributed by atoms with Gasteiger partial charge >= 0.3 is 0 Å². The van der Waals surface area contributed by atoms with Gasteiger partial charge in [-0.1, -0.05) is 0 Å². The Morgan fingerprint density at radius 2 is 1.89 bits per heavy atom. The molecule has 0 aliphatic carbocycles. The number of benzene rings is 2. The van der Waals surface area contributed by atoms with E-state index in [0.29, 0.717) is 21.2 Å². The van der Waals surface area contributed by atoms with Crippen LogP contribution < -0.4 is 10.2 Å². The van der Waals surface area contributed by atoms with Crippen molar-refractivity contribution in [2.24, 2.45) is 0 Å². The van der Waals surface area contributed by atoms with Crippen LogP contribution in [0.2, 0.25) is 0 Å². The molecule has 0 radical (unpaired) electrons. The van der Waals surface area contributed by atoms with Gasteiger partial charge in [0.25, 0.3) is 0 Å². The molecule has 0 aliphatic heterocycles. The maximum absolute atomic E-state index is 13.2. The molecule has 0 unspecified atom stereocenters. The summed E-state index contributed by atoms with van der Waals surface area (Å²) < 4.78 is 19.8. The van der Waals surface area contributed by atoms with Crippen molar-refractivity contribution in [2.45, 2.75) is 0 Å². The van der Waals surface area contributed by atoms with E-state index in [1.165, 1.54) is 29.5 Å². The van der Waals surface area contributed by atoms with Crippen LogP contribution in [-0.4, -0.2) is 7.11 Å². The minimum Gasteiger partial charge on any atom is -0.497 e. The lowest BCUT2D eigenvalue weighted by atomic mass is 10.2. The molecule has 0 saturated carbocycles. The molecule has 1 aromatic heterocycles. The van der Waals surface area contributed by atoms with Gasteiger partial charge in [-0.3, -0.25) is 4.79 Å². The molecule has 2 nitrogen and oxygen atoms in total. The summed E-state index contributed by atoms with van der Waals surface area (Å²) in [7, 11) is 1.56. The molecule has 0 saturated heterocycles. The van der Waals surface area contributed by atoms with Crippen LogP contribution in [-0.2, 0) is 0 Å². The zero-order valence-corrected chi connectivity index (χ0v) is 10.4. The molecule has 2 aromatic carbocycles. The Morgan fingerprint density at radius 3 is 2.67 bits per heavy atom. The Morgan fingerprint density at radius 1 is 1.06 bits per heavy atom. The summed E-state index contributed by atoms with van der Waals surface area (Å²) in [5.41, 5.74) is -0.0855. The predicted molar refractivity (Wildman–Crippen MR) is 72.1 cm³/mol. The largest absolute Gasteiger partial charge is 0.497 e. The molecule has 0 aliphatic rings. The lowest BCUT2D eigenvalue weighted by molar-refractivity contribution is 0.415. The summed E-state index contributed by atoms with van der Waals surface area (Å²) in [6.45, 7) is 0. The second-order valence-electron chi connectivity index (χ2n) is 3.93. The molecule has 0 fully saturated rings. The number of ether oxygens (including phenoxy) is 1.